The number of benzene rings is 2. The summed E-state index contributed by atoms with van der Waals surface area (Å²) in [6.07, 6.45) is 0. The van der Waals surface area contributed by atoms with Crippen molar-refractivity contribution >= 4 is 33.2 Å². The van der Waals surface area contributed by atoms with Gasteiger partial charge in [-0.25, -0.2) is 0 Å². The molecular formula is C19H22BrN3O2. The number of phenols is 1. The molecule has 6 heteroatoms. The first-order valence-corrected chi connectivity index (χ1v) is 9.13. The van der Waals surface area contributed by atoms with Crippen molar-refractivity contribution in [2.45, 2.75) is 6.92 Å². The van der Waals surface area contributed by atoms with Gasteiger partial charge >= 0.3 is 0 Å². The molecule has 1 saturated heterocycles. The fraction of sp³-hybridized carbons (Fsp3) is 0.316. The summed E-state index contributed by atoms with van der Waals surface area (Å²) < 4.78 is 1.01. The first-order chi connectivity index (χ1) is 12.0. The number of hydrogen-bond donors (Lipinski definition) is 2. The lowest BCUT2D eigenvalue weighted by atomic mass is 10.2. The van der Waals surface area contributed by atoms with Gasteiger partial charge in [-0.3, -0.25) is 9.69 Å². The molecule has 0 aromatic heterocycles. The van der Waals surface area contributed by atoms with Crippen LogP contribution < -0.4 is 10.2 Å². The van der Waals surface area contributed by atoms with Gasteiger partial charge in [0.2, 0.25) is 5.91 Å². The van der Waals surface area contributed by atoms with E-state index in [0.717, 1.165) is 47.6 Å². The first-order valence-electron chi connectivity index (χ1n) is 8.33. The van der Waals surface area contributed by atoms with Crippen LogP contribution in [0.25, 0.3) is 0 Å². The van der Waals surface area contributed by atoms with Crippen molar-refractivity contribution in [2.75, 3.05) is 42.9 Å². The standard InChI is InChI=1S/C19H22BrN3O2/c1-14-12-15(20)2-7-18(14)21-19(25)13-22-8-10-23(11-9-22)16-3-5-17(24)6-4-16/h2-7,12,24H,8-11,13H2,1H3,(H,21,25). The van der Waals surface area contributed by atoms with Gasteiger partial charge in [-0.2, -0.15) is 0 Å². The molecule has 0 radical (unpaired) electrons. The number of anilines is 2. The number of hydrogen-bond acceptors (Lipinski definition) is 4. The highest BCUT2D eigenvalue weighted by molar-refractivity contribution is 9.10. The molecule has 1 aliphatic rings. The first kappa shape index (κ1) is 17.8. The monoisotopic (exact) mass is 403 g/mol. The smallest absolute Gasteiger partial charge is 0.238 e. The third-order valence-corrected chi connectivity index (χ3v) is 4.91. The van der Waals surface area contributed by atoms with Gasteiger partial charge in [0.25, 0.3) is 0 Å². The summed E-state index contributed by atoms with van der Waals surface area (Å²) in [7, 11) is 0. The number of carbonyl (C=O) groups excluding carboxylic acids is 1. The highest BCUT2D eigenvalue weighted by Gasteiger charge is 2.19. The second kappa shape index (κ2) is 7.89. The molecule has 0 saturated carbocycles. The van der Waals surface area contributed by atoms with Crippen LogP contribution >= 0.6 is 15.9 Å². The Morgan fingerprint density at radius 1 is 1.12 bits per heavy atom. The van der Waals surface area contributed by atoms with Crippen molar-refractivity contribution in [3.05, 3.63) is 52.5 Å². The van der Waals surface area contributed by atoms with Crippen LogP contribution in [-0.2, 0) is 4.79 Å². The average molecular weight is 404 g/mol. The quantitative estimate of drug-likeness (QED) is 0.822. The Bertz CT molecular complexity index is 741. The van der Waals surface area contributed by atoms with Gasteiger partial charge in [0, 0.05) is 42.0 Å². The zero-order chi connectivity index (χ0) is 17.8. The molecule has 0 aliphatic carbocycles. The SMILES string of the molecule is Cc1cc(Br)ccc1NC(=O)CN1CCN(c2ccc(O)cc2)CC1. The fourth-order valence-electron chi connectivity index (χ4n) is 2.99. The number of nitrogens with one attached hydrogen (secondary N) is 1. The van der Waals surface area contributed by atoms with E-state index in [4.69, 9.17) is 0 Å². The number of halogens is 1. The molecule has 2 aromatic rings. The molecule has 1 heterocycles. The fourth-order valence-corrected chi connectivity index (χ4v) is 3.46. The molecule has 1 aliphatic heterocycles. The highest BCUT2D eigenvalue weighted by atomic mass is 79.9. The molecule has 0 atom stereocenters. The van der Waals surface area contributed by atoms with E-state index in [1.807, 2.05) is 37.3 Å². The van der Waals surface area contributed by atoms with E-state index in [2.05, 4.69) is 31.0 Å². The molecular weight excluding hydrogens is 382 g/mol. The topological polar surface area (TPSA) is 55.8 Å². The number of nitrogens with zero attached hydrogens (tertiary/aromatic N) is 2. The summed E-state index contributed by atoms with van der Waals surface area (Å²) in [4.78, 5) is 16.7. The number of rotatable bonds is 4. The predicted molar refractivity (Wildman–Crippen MR) is 104 cm³/mol. The van der Waals surface area contributed by atoms with Gasteiger partial charge < -0.3 is 15.3 Å². The van der Waals surface area contributed by atoms with Crippen LogP contribution in [0.15, 0.2) is 46.9 Å². The van der Waals surface area contributed by atoms with Crippen LogP contribution in [0.4, 0.5) is 11.4 Å². The van der Waals surface area contributed by atoms with Crippen LogP contribution in [0.1, 0.15) is 5.56 Å². The molecule has 132 valence electrons. The third-order valence-electron chi connectivity index (χ3n) is 4.42. The van der Waals surface area contributed by atoms with Gasteiger partial charge in [0.1, 0.15) is 5.75 Å². The second-order valence-corrected chi connectivity index (χ2v) is 7.20. The summed E-state index contributed by atoms with van der Waals surface area (Å²) in [6, 6.07) is 13.1. The number of piperazine rings is 1. The average Bonchev–Trinajstić information content (AvgIpc) is 2.59. The van der Waals surface area contributed by atoms with E-state index < -0.39 is 0 Å². The van der Waals surface area contributed by atoms with Crippen LogP contribution in [0.2, 0.25) is 0 Å². The summed E-state index contributed by atoms with van der Waals surface area (Å²) in [5, 5.41) is 12.4. The maximum atomic E-state index is 12.3. The highest BCUT2D eigenvalue weighted by Crippen LogP contribution is 2.21. The number of phenolic OH excluding ortho intramolecular Hbond substituents is 1. The van der Waals surface area contributed by atoms with Gasteiger partial charge in [-0.15, -0.1) is 0 Å². The van der Waals surface area contributed by atoms with E-state index in [0.29, 0.717) is 6.54 Å². The molecule has 2 N–H and O–H groups in total. The van der Waals surface area contributed by atoms with Crippen molar-refractivity contribution in [3.63, 3.8) is 0 Å². The van der Waals surface area contributed by atoms with Crippen molar-refractivity contribution < 1.29 is 9.90 Å². The Labute approximate surface area is 156 Å². The molecule has 3 rings (SSSR count). The van der Waals surface area contributed by atoms with Gasteiger partial charge in [0.05, 0.1) is 6.54 Å². The molecule has 5 nitrogen and oxygen atoms in total. The van der Waals surface area contributed by atoms with E-state index in [1.165, 1.54) is 0 Å². The Morgan fingerprint density at radius 3 is 2.44 bits per heavy atom. The predicted octanol–water partition coefficient (Wildman–Crippen LogP) is 3.22. The number of aryl methyl sites for hydroxylation is 1. The minimum Gasteiger partial charge on any atom is -0.508 e. The van der Waals surface area contributed by atoms with Crippen LogP contribution in [-0.4, -0.2) is 48.6 Å². The molecule has 1 fully saturated rings. The minimum absolute atomic E-state index is 0.0171. The number of carbonyl (C=O) groups is 1. The lowest BCUT2D eigenvalue weighted by Gasteiger charge is -2.35. The summed E-state index contributed by atoms with van der Waals surface area (Å²) in [6.45, 7) is 5.81. The lowest BCUT2D eigenvalue weighted by molar-refractivity contribution is -0.117. The maximum absolute atomic E-state index is 12.3. The number of amides is 1. The van der Waals surface area contributed by atoms with Crippen molar-refractivity contribution in [2.24, 2.45) is 0 Å². The van der Waals surface area contributed by atoms with Crippen molar-refractivity contribution in [3.8, 4) is 5.75 Å². The molecule has 2 aromatic carbocycles. The Balaban J connectivity index is 1.50. The van der Waals surface area contributed by atoms with Crippen molar-refractivity contribution in [1.82, 2.24) is 4.90 Å². The molecule has 0 bridgehead atoms. The second-order valence-electron chi connectivity index (χ2n) is 6.29. The summed E-state index contributed by atoms with van der Waals surface area (Å²) >= 11 is 3.43. The van der Waals surface area contributed by atoms with E-state index in [9.17, 15) is 9.90 Å². The summed E-state index contributed by atoms with van der Waals surface area (Å²) in [5.74, 6) is 0.297. The largest absolute Gasteiger partial charge is 0.508 e. The Hall–Kier alpha value is -2.05. The van der Waals surface area contributed by atoms with Crippen LogP contribution in [0.3, 0.4) is 0 Å². The van der Waals surface area contributed by atoms with Crippen LogP contribution in [0.5, 0.6) is 5.75 Å². The zero-order valence-electron chi connectivity index (χ0n) is 14.2. The zero-order valence-corrected chi connectivity index (χ0v) is 15.8. The Morgan fingerprint density at radius 2 is 1.80 bits per heavy atom. The van der Waals surface area contributed by atoms with E-state index >= 15 is 0 Å². The lowest BCUT2D eigenvalue weighted by Crippen LogP contribution is -2.48. The van der Waals surface area contributed by atoms with Gasteiger partial charge in [-0.1, -0.05) is 15.9 Å². The molecule has 0 unspecified atom stereocenters. The normalized spacial score (nSPS) is 15.2. The summed E-state index contributed by atoms with van der Waals surface area (Å²) in [5.41, 5.74) is 3.00. The van der Waals surface area contributed by atoms with Gasteiger partial charge in [0.15, 0.2) is 0 Å². The Kier molecular flexibility index (Phi) is 5.60. The maximum Gasteiger partial charge on any atom is 0.238 e. The minimum atomic E-state index is 0.0171. The van der Waals surface area contributed by atoms with E-state index in [-0.39, 0.29) is 11.7 Å². The molecule has 0 spiro atoms. The molecule has 1 amide bonds. The number of aromatic hydroxyl groups is 1. The van der Waals surface area contributed by atoms with E-state index in [1.54, 1.807) is 12.1 Å². The molecule has 25 heavy (non-hydrogen) atoms. The third kappa shape index (κ3) is 4.74. The van der Waals surface area contributed by atoms with Gasteiger partial charge in [-0.05, 0) is 55.0 Å². The van der Waals surface area contributed by atoms with Crippen LogP contribution in [0, 0.1) is 6.92 Å². The van der Waals surface area contributed by atoms with Crippen molar-refractivity contribution in [1.29, 1.82) is 0 Å².